The molecule has 0 aromatic carbocycles. The number of hydrogen-bond acceptors (Lipinski definition) is 5. The van der Waals surface area contributed by atoms with E-state index in [0.29, 0.717) is 10.6 Å². The third kappa shape index (κ3) is 2.94. The Kier molecular flexibility index (Phi) is 4.26. The van der Waals surface area contributed by atoms with Gasteiger partial charge >= 0.3 is 5.97 Å². The van der Waals surface area contributed by atoms with Crippen molar-refractivity contribution in [2.75, 3.05) is 0 Å². The zero-order chi connectivity index (χ0) is 12.1. The molecule has 1 heterocycles. The molecule has 0 aliphatic carbocycles. The van der Waals surface area contributed by atoms with Crippen LogP contribution in [-0.2, 0) is 4.79 Å². The molecule has 1 rings (SSSR count). The largest absolute Gasteiger partial charge is 0.480 e. The number of thioether (sulfide) groups is 1. The van der Waals surface area contributed by atoms with Gasteiger partial charge in [-0.05, 0) is 12.0 Å². The van der Waals surface area contributed by atoms with Gasteiger partial charge in [0.25, 0.3) is 0 Å². The average Bonchev–Trinajstić information content (AvgIpc) is 2.25. The Labute approximate surface area is 97.5 Å². The Hall–Kier alpha value is -1.61. The average molecular weight is 237 g/mol. The van der Waals surface area contributed by atoms with Crippen LogP contribution in [0.3, 0.4) is 0 Å². The summed E-state index contributed by atoms with van der Waals surface area (Å²) in [6, 6.07) is 3.48. The summed E-state index contributed by atoms with van der Waals surface area (Å²) in [6.45, 7) is 3.63. The summed E-state index contributed by atoms with van der Waals surface area (Å²) in [6.07, 6.45) is 1.41. The Bertz CT molecular complexity index is 428. The van der Waals surface area contributed by atoms with E-state index in [1.165, 1.54) is 12.3 Å². The maximum Gasteiger partial charge on any atom is 0.317 e. The van der Waals surface area contributed by atoms with Crippen LogP contribution < -0.4 is 0 Å². The number of carboxylic acids is 1. The first-order valence-electron chi connectivity index (χ1n) is 4.67. The molecule has 1 atom stereocenters. The van der Waals surface area contributed by atoms with Crippen molar-refractivity contribution in [1.82, 2.24) is 10.2 Å². The van der Waals surface area contributed by atoms with E-state index in [2.05, 4.69) is 10.2 Å². The molecule has 84 valence electrons. The molecule has 16 heavy (non-hydrogen) atoms. The standard InChI is InChI=1S/C10H11N3O2S/c1-6(2)8(10(14)15)16-9-7(5-11)3-4-12-13-9/h3-4,6,8H,1-2H3,(H,14,15). The molecule has 6 heteroatoms. The first-order valence-corrected chi connectivity index (χ1v) is 5.55. The van der Waals surface area contributed by atoms with Crippen LogP contribution >= 0.6 is 11.8 Å². The number of nitrogens with zero attached hydrogens (tertiary/aromatic N) is 3. The highest BCUT2D eigenvalue weighted by atomic mass is 32.2. The molecule has 1 unspecified atom stereocenters. The van der Waals surface area contributed by atoms with Gasteiger partial charge in [0.05, 0.1) is 11.8 Å². The zero-order valence-corrected chi connectivity index (χ0v) is 9.73. The van der Waals surface area contributed by atoms with Gasteiger partial charge < -0.3 is 5.11 Å². The van der Waals surface area contributed by atoms with Crippen molar-refractivity contribution >= 4 is 17.7 Å². The number of carboxylic acid groups (broad SMARTS) is 1. The molecule has 0 amide bonds. The maximum absolute atomic E-state index is 11.0. The molecular formula is C10H11N3O2S. The summed E-state index contributed by atoms with van der Waals surface area (Å²) in [5.41, 5.74) is 0.354. The van der Waals surface area contributed by atoms with E-state index in [4.69, 9.17) is 10.4 Å². The lowest BCUT2D eigenvalue weighted by atomic mass is 10.1. The predicted octanol–water partition coefficient (Wildman–Crippen LogP) is 1.55. The Balaban J connectivity index is 2.94. The van der Waals surface area contributed by atoms with Crippen LogP contribution in [0.25, 0.3) is 0 Å². The fourth-order valence-corrected chi connectivity index (χ4v) is 2.03. The quantitative estimate of drug-likeness (QED) is 0.799. The molecule has 5 nitrogen and oxygen atoms in total. The maximum atomic E-state index is 11.0. The molecule has 0 aliphatic rings. The molecule has 0 spiro atoms. The molecule has 0 fully saturated rings. The van der Waals surface area contributed by atoms with Crippen molar-refractivity contribution in [3.63, 3.8) is 0 Å². The lowest BCUT2D eigenvalue weighted by Crippen LogP contribution is -2.22. The van der Waals surface area contributed by atoms with Gasteiger partial charge in [0.2, 0.25) is 0 Å². The fourth-order valence-electron chi connectivity index (χ4n) is 1.08. The van der Waals surface area contributed by atoms with Crippen molar-refractivity contribution in [1.29, 1.82) is 5.26 Å². The summed E-state index contributed by atoms with van der Waals surface area (Å²) in [5.74, 6) is -0.953. The monoisotopic (exact) mass is 237 g/mol. The van der Waals surface area contributed by atoms with Crippen LogP contribution in [0.1, 0.15) is 19.4 Å². The number of rotatable bonds is 4. The Morgan fingerprint density at radius 3 is 2.81 bits per heavy atom. The minimum atomic E-state index is -0.908. The number of aromatic nitrogens is 2. The highest BCUT2D eigenvalue weighted by Crippen LogP contribution is 2.28. The van der Waals surface area contributed by atoms with Gasteiger partial charge in [-0.15, -0.1) is 5.10 Å². The van der Waals surface area contributed by atoms with Crippen LogP contribution in [-0.4, -0.2) is 26.5 Å². The molecule has 1 N–H and O–H groups in total. The fraction of sp³-hybridized carbons (Fsp3) is 0.400. The first kappa shape index (κ1) is 12.5. The third-order valence-corrected chi connectivity index (χ3v) is 3.42. The molecular weight excluding hydrogens is 226 g/mol. The molecule has 0 saturated heterocycles. The topological polar surface area (TPSA) is 86.9 Å². The van der Waals surface area contributed by atoms with E-state index in [1.54, 1.807) is 0 Å². The van der Waals surface area contributed by atoms with E-state index >= 15 is 0 Å². The van der Waals surface area contributed by atoms with Crippen LogP contribution in [0.4, 0.5) is 0 Å². The van der Waals surface area contributed by atoms with Crippen molar-refractivity contribution in [3.05, 3.63) is 17.8 Å². The third-order valence-electron chi connectivity index (χ3n) is 1.89. The van der Waals surface area contributed by atoms with Gasteiger partial charge in [0.15, 0.2) is 0 Å². The second-order valence-electron chi connectivity index (χ2n) is 3.48. The van der Waals surface area contributed by atoms with Crippen LogP contribution in [0, 0.1) is 17.2 Å². The van der Waals surface area contributed by atoms with Gasteiger partial charge in [-0.1, -0.05) is 25.6 Å². The first-order chi connectivity index (χ1) is 7.56. The summed E-state index contributed by atoms with van der Waals surface area (Å²) >= 11 is 1.06. The van der Waals surface area contributed by atoms with Crippen LogP contribution in [0.2, 0.25) is 0 Å². The molecule has 0 saturated carbocycles. The van der Waals surface area contributed by atoms with Gasteiger partial charge in [-0.2, -0.15) is 10.4 Å². The van der Waals surface area contributed by atoms with Crippen molar-refractivity contribution in [2.24, 2.45) is 5.92 Å². The molecule has 0 radical (unpaired) electrons. The van der Waals surface area contributed by atoms with Gasteiger partial charge in [-0.25, -0.2) is 0 Å². The number of hydrogen-bond donors (Lipinski definition) is 1. The normalized spacial score (nSPS) is 12.1. The lowest BCUT2D eigenvalue weighted by Gasteiger charge is -2.14. The zero-order valence-electron chi connectivity index (χ0n) is 8.91. The minimum absolute atomic E-state index is 0.0453. The number of nitriles is 1. The second-order valence-corrected chi connectivity index (χ2v) is 4.61. The van der Waals surface area contributed by atoms with E-state index in [0.717, 1.165) is 11.8 Å². The van der Waals surface area contributed by atoms with Crippen molar-refractivity contribution in [3.8, 4) is 6.07 Å². The number of carbonyl (C=O) groups is 1. The molecule has 1 aromatic rings. The van der Waals surface area contributed by atoms with Crippen molar-refractivity contribution < 1.29 is 9.90 Å². The highest BCUT2D eigenvalue weighted by Gasteiger charge is 2.24. The van der Waals surface area contributed by atoms with E-state index in [1.807, 2.05) is 19.9 Å². The van der Waals surface area contributed by atoms with Gasteiger partial charge in [0, 0.05) is 0 Å². The van der Waals surface area contributed by atoms with E-state index in [-0.39, 0.29) is 5.92 Å². The van der Waals surface area contributed by atoms with E-state index < -0.39 is 11.2 Å². The van der Waals surface area contributed by atoms with Crippen LogP contribution in [0.15, 0.2) is 17.3 Å². The SMILES string of the molecule is CC(C)C(Sc1nnccc1C#N)C(=O)O. The van der Waals surface area contributed by atoms with Crippen LogP contribution in [0.5, 0.6) is 0 Å². The summed E-state index contributed by atoms with van der Waals surface area (Å²) in [5, 5.41) is 25.0. The van der Waals surface area contributed by atoms with Gasteiger partial charge in [0.1, 0.15) is 16.3 Å². The Morgan fingerprint density at radius 1 is 1.62 bits per heavy atom. The minimum Gasteiger partial charge on any atom is -0.480 e. The van der Waals surface area contributed by atoms with Gasteiger partial charge in [-0.3, -0.25) is 4.79 Å². The summed E-state index contributed by atoms with van der Waals surface area (Å²) < 4.78 is 0. The lowest BCUT2D eigenvalue weighted by molar-refractivity contribution is -0.137. The van der Waals surface area contributed by atoms with E-state index in [9.17, 15) is 4.79 Å². The van der Waals surface area contributed by atoms with Crippen molar-refractivity contribution in [2.45, 2.75) is 24.1 Å². The number of aliphatic carboxylic acids is 1. The predicted molar refractivity (Wildman–Crippen MR) is 58.9 cm³/mol. The Morgan fingerprint density at radius 2 is 2.31 bits per heavy atom. The second kappa shape index (κ2) is 5.47. The molecule has 0 bridgehead atoms. The summed E-state index contributed by atoms with van der Waals surface area (Å²) in [4.78, 5) is 11.0. The highest BCUT2D eigenvalue weighted by molar-refractivity contribution is 8.00. The molecule has 1 aromatic heterocycles. The summed E-state index contributed by atoms with van der Waals surface area (Å²) in [7, 11) is 0. The smallest absolute Gasteiger partial charge is 0.317 e. The molecule has 0 aliphatic heterocycles.